The van der Waals surface area contributed by atoms with E-state index < -0.39 is 0 Å². The van der Waals surface area contributed by atoms with Gasteiger partial charge in [-0.25, -0.2) is 9.37 Å². The Morgan fingerprint density at radius 1 is 1.28 bits per heavy atom. The van der Waals surface area contributed by atoms with Gasteiger partial charge in [-0.1, -0.05) is 13.3 Å². The van der Waals surface area contributed by atoms with Crippen molar-refractivity contribution in [1.29, 1.82) is 0 Å². The molecule has 1 heterocycles. The number of nitrogens with one attached hydrogen (secondary N) is 1. The Bertz CT molecular complexity index is 479. The van der Waals surface area contributed by atoms with Crippen molar-refractivity contribution in [2.45, 2.75) is 26.3 Å². The lowest BCUT2D eigenvalue weighted by molar-refractivity contribution is 0.628. The lowest BCUT2D eigenvalue weighted by atomic mass is 10.2. The predicted molar refractivity (Wildman–Crippen MR) is 74.1 cm³/mol. The van der Waals surface area contributed by atoms with Gasteiger partial charge in [0.25, 0.3) is 0 Å². The van der Waals surface area contributed by atoms with Crippen LogP contribution in [-0.2, 0) is 6.54 Å². The van der Waals surface area contributed by atoms with E-state index in [0.29, 0.717) is 0 Å². The first kappa shape index (κ1) is 13.2. The first-order valence-electron chi connectivity index (χ1n) is 6.20. The fraction of sp³-hybridized carbons (Fsp3) is 0.357. The molecule has 18 heavy (non-hydrogen) atoms. The smallest absolute Gasteiger partial charge is 0.123 e. The molecule has 1 aromatic heterocycles. The summed E-state index contributed by atoms with van der Waals surface area (Å²) >= 11 is 1.60. The first-order valence-corrected chi connectivity index (χ1v) is 7.08. The van der Waals surface area contributed by atoms with Crippen molar-refractivity contribution >= 4 is 11.3 Å². The van der Waals surface area contributed by atoms with Crippen molar-refractivity contribution in [2.75, 3.05) is 6.54 Å². The molecule has 1 N–H and O–H groups in total. The number of aromatic nitrogens is 1. The van der Waals surface area contributed by atoms with E-state index in [1.54, 1.807) is 23.5 Å². The highest BCUT2D eigenvalue weighted by atomic mass is 32.1. The Hall–Kier alpha value is -1.26. The molecule has 0 saturated carbocycles. The van der Waals surface area contributed by atoms with Gasteiger partial charge < -0.3 is 5.32 Å². The SMILES string of the molecule is CCCCNCc1csc(-c2ccc(F)cc2)n1. The van der Waals surface area contributed by atoms with E-state index in [4.69, 9.17) is 0 Å². The van der Waals surface area contributed by atoms with Crippen molar-refractivity contribution in [3.8, 4) is 10.6 Å². The summed E-state index contributed by atoms with van der Waals surface area (Å²) in [5.41, 5.74) is 2.02. The van der Waals surface area contributed by atoms with Gasteiger partial charge in [0, 0.05) is 17.5 Å². The average molecular weight is 264 g/mol. The average Bonchev–Trinajstić information content (AvgIpc) is 2.84. The molecule has 0 fully saturated rings. The summed E-state index contributed by atoms with van der Waals surface area (Å²) in [5, 5.41) is 6.36. The molecule has 0 aliphatic carbocycles. The van der Waals surface area contributed by atoms with Crippen LogP contribution in [0.2, 0.25) is 0 Å². The van der Waals surface area contributed by atoms with Crippen LogP contribution in [0.15, 0.2) is 29.6 Å². The zero-order valence-corrected chi connectivity index (χ0v) is 11.3. The van der Waals surface area contributed by atoms with Crippen LogP contribution in [-0.4, -0.2) is 11.5 Å². The molecule has 4 heteroatoms. The number of rotatable bonds is 6. The molecule has 0 unspecified atom stereocenters. The zero-order valence-electron chi connectivity index (χ0n) is 10.4. The maximum Gasteiger partial charge on any atom is 0.123 e. The predicted octanol–water partition coefficient (Wildman–Crippen LogP) is 3.84. The molecule has 0 radical (unpaired) electrons. The lowest BCUT2D eigenvalue weighted by Crippen LogP contribution is -2.14. The number of thiazole rings is 1. The molecule has 0 amide bonds. The topological polar surface area (TPSA) is 24.9 Å². The van der Waals surface area contributed by atoms with Crippen molar-refractivity contribution in [1.82, 2.24) is 10.3 Å². The maximum atomic E-state index is 12.8. The van der Waals surface area contributed by atoms with Crippen molar-refractivity contribution in [3.63, 3.8) is 0 Å². The van der Waals surface area contributed by atoms with Gasteiger partial charge in [-0.3, -0.25) is 0 Å². The van der Waals surface area contributed by atoms with Crippen molar-refractivity contribution < 1.29 is 4.39 Å². The van der Waals surface area contributed by atoms with Crippen LogP contribution in [0.4, 0.5) is 4.39 Å². The molecule has 1 aromatic carbocycles. The van der Waals surface area contributed by atoms with Crippen LogP contribution in [0.1, 0.15) is 25.5 Å². The molecule has 2 nitrogen and oxygen atoms in total. The second-order valence-electron chi connectivity index (χ2n) is 4.18. The Morgan fingerprint density at radius 3 is 2.78 bits per heavy atom. The van der Waals surface area contributed by atoms with E-state index >= 15 is 0 Å². The van der Waals surface area contributed by atoms with Crippen molar-refractivity contribution in [2.24, 2.45) is 0 Å². The summed E-state index contributed by atoms with van der Waals surface area (Å²) in [7, 11) is 0. The molecule has 0 atom stereocenters. The van der Waals surface area contributed by atoms with Gasteiger partial charge in [0.15, 0.2) is 0 Å². The normalized spacial score (nSPS) is 10.8. The summed E-state index contributed by atoms with van der Waals surface area (Å²) < 4.78 is 12.8. The van der Waals surface area contributed by atoms with Crippen LogP contribution in [0.5, 0.6) is 0 Å². The Kier molecular flexibility index (Phi) is 4.84. The Labute approximate surface area is 111 Å². The molecular weight excluding hydrogens is 247 g/mol. The summed E-state index contributed by atoms with van der Waals surface area (Å²) in [6.07, 6.45) is 2.39. The molecule has 2 rings (SSSR count). The van der Waals surface area contributed by atoms with Gasteiger partial charge in [-0.05, 0) is 37.2 Å². The quantitative estimate of drug-likeness (QED) is 0.802. The van der Waals surface area contributed by atoms with E-state index in [9.17, 15) is 4.39 Å². The third-order valence-electron chi connectivity index (χ3n) is 2.66. The molecule has 96 valence electrons. The number of unbranched alkanes of at least 4 members (excludes halogenated alkanes) is 1. The van der Waals surface area contributed by atoms with Gasteiger partial charge in [-0.2, -0.15) is 0 Å². The minimum Gasteiger partial charge on any atom is -0.311 e. The summed E-state index contributed by atoms with van der Waals surface area (Å²) in [6, 6.07) is 6.47. The minimum absolute atomic E-state index is 0.211. The van der Waals surface area contributed by atoms with E-state index in [2.05, 4.69) is 22.6 Å². The summed E-state index contributed by atoms with van der Waals surface area (Å²) in [6.45, 7) is 4.01. The van der Waals surface area contributed by atoms with E-state index in [0.717, 1.165) is 29.4 Å². The van der Waals surface area contributed by atoms with Gasteiger partial charge in [0.1, 0.15) is 10.8 Å². The molecule has 0 aliphatic rings. The van der Waals surface area contributed by atoms with Crippen LogP contribution < -0.4 is 5.32 Å². The van der Waals surface area contributed by atoms with Crippen molar-refractivity contribution in [3.05, 3.63) is 41.2 Å². The third-order valence-corrected chi connectivity index (χ3v) is 3.60. The first-order chi connectivity index (χ1) is 8.79. The number of benzene rings is 1. The van der Waals surface area contributed by atoms with Gasteiger partial charge in [-0.15, -0.1) is 11.3 Å². The summed E-state index contributed by atoms with van der Waals surface area (Å²) in [4.78, 5) is 4.54. The van der Waals surface area contributed by atoms with Crippen LogP contribution in [0.25, 0.3) is 10.6 Å². The molecule has 0 bridgehead atoms. The minimum atomic E-state index is -0.211. The highest BCUT2D eigenvalue weighted by Crippen LogP contribution is 2.23. The van der Waals surface area contributed by atoms with Gasteiger partial charge >= 0.3 is 0 Å². The monoisotopic (exact) mass is 264 g/mol. The third kappa shape index (κ3) is 3.62. The largest absolute Gasteiger partial charge is 0.311 e. The van der Waals surface area contributed by atoms with Crippen LogP contribution >= 0.6 is 11.3 Å². The van der Waals surface area contributed by atoms with Crippen LogP contribution in [0, 0.1) is 5.82 Å². The molecule has 0 spiro atoms. The summed E-state index contributed by atoms with van der Waals surface area (Å²) in [5.74, 6) is -0.211. The zero-order chi connectivity index (χ0) is 12.8. The fourth-order valence-electron chi connectivity index (χ4n) is 1.63. The molecule has 0 aliphatic heterocycles. The second-order valence-corrected chi connectivity index (χ2v) is 5.04. The maximum absolute atomic E-state index is 12.8. The second kappa shape index (κ2) is 6.61. The standard InChI is InChI=1S/C14H17FN2S/c1-2-3-8-16-9-13-10-18-14(17-13)11-4-6-12(15)7-5-11/h4-7,10,16H,2-3,8-9H2,1H3. The number of hydrogen-bond acceptors (Lipinski definition) is 3. The fourth-order valence-corrected chi connectivity index (χ4v) is 2.46. The molecule has 2 aromatic rings. The van der Waals surface area contributed by atoms with Crippen LogP contribution in [0.3, 0.4) is 0 Å². The number of hydrogen-bond donors (Lipinski definition) is 1. The van der Waals surface area contributed by atoms with E-state index in [1.807, 2.05) is 0 Å². The Morgan fingerprint density at radius 2 is 2.06 bits per heavy atom. The van der Waals surface area contributed by atoms with Gasteiger partial charge in [0.05, 0.1) is 5.69 Å². The highest BCUT2D eigenvalue weighted by Gasteiger charge is 2.04. The van der Waals surface area contributed by atoms with E-state index in [-0.39, 0.29) is 5.82 Å². The number of halogens is 1. The van der Waals surface area contributed by atoms with Gasteiger partial charge in [0.2, 0.25) is 0 Å². The Balaban J connectivity index is 1.95. The lowest BCUT2D eigenvalue weighted by Gasteiger charge is -2.00. The van der Waals surface area contributed by atoms with E-state index in [1.165, 1.54) is 25.0 Å². The molecular formula is C14H17FN2S. The molecule has 0 saturated heterocycles. The number of nitrogens with zero attached hydrogens (tertiary/aromatic N) is 1. The highest BCUT2D eigenvalue weighted by molar-refractivity contribution is 7.13.